The van der Waals surface area contributed by atoms with E-state index in [4.69, 9.17) is 10.00 Å². The van der Waals surface area contributed by atoms with E-state index in [2.05, 4.69) is 31.9 Å². The van der Waals surface area contributed by atoms with E-state index in [9.17, 15) is 4.79 Å². The van der Waals surface area contributed by atoms with Crippen LogP contribution in [0, 0.1) is 11.3 Å². The van der Waals surface area contributed by atoms with Gasteiger partial charge in [-0.1, -0.05) is 0 Å². The molecule has 5 heteroatoms. The molecule has 78 valence electrons. The minimum atomic E-state index is -0.429. The van der Waals surface area contributed by atoms with Crippen LogP contribution in [0.2, 0.25) is 0 Å². The predicted molar refractivity (Wildman–Crippen MR) is 62.5 cm³/mol. The molecule has 0 aliphatic heterocycles. The SMILES string of the molecule is CCOC(=O)c1cc(Br)c(Br)c(C#N)c1. The molecule has 0 aliphatic rings. The molecular weight excluding hydrogens is 326 g/mol. The Hall–Kier alpha value is -0.860. The number of ether oxygens (including phenoxy) is 1. The summed E-state index contributed by atoms with van der Waals surface area (Å²) in [6, 6.07) is 5.10. The van der Waals surface area contributed by atoms with E-state index in [1.807, 2.05) is 6.07 Å². The van der Waals surface area contributed by atoms with Crippen molar-refractivity contribution in [3.05, 3.63) is 32.2 Å². The van der Waals surface area contributed by atoms with E-state index in [-0.39, 0.29) is 0 Å². The average Bonchev–Trinajstić information content (AvgIpc) is 2.22. The molecule has 1 aromatic rings. The van der Waals surface area contributed by atoms with Crippen molar-refractivity contribution in [3.8, 4) is 6.07 Å². The second kappa shape index (κ2) is 5.29. The van der Waals surface area contributed by atoms with Crippen LogP contribution in [-0.2, 0) is 4.74 Å². The summed E-state index contributed by atoms with van der Waals surface area (Å²) in [4.78, 5) is 11.4. The minimum Gasteiger partial charge on any atom is -0.462 e. The van der Waals surface area contributed by atoms with Crippen LogP contribution in [-0.4, -0.2) is 12.6 Å². The number of carbonyl (C=O) groups is 1. The Morgan fingerprint density at radius 2 is 2.20 bits per heavy atom. The van der Waals surface area contributed by atoms with Crippen LogP contribution in [0.15, 0.2) is 21.1 Å². The quantitative estimate of drug-likeness (QED) is 0.781. The maximum atomic E-state index is 11.4. The number of nitriles is 1. The second-order valence-corrected chi connectivity index (χ2v) is 4.30. The van der Waals surface area contributed by atoms with Crippen molar-refractivity contribution in [1.29, 1.82) is 5.26 Å². The molecule has 15 heavy (non-hydrogen) atoms. The molecule has 0 saturated carbocycles. The summed E-state index contributed by atoms with van der Waals surface area (Å²) in [6.07, 6.45) is 0. The number of halogens is 2. The first kappa shape index (κ1) is 12.2. The van der Waals surface area contributed by atoms with Gasteiger partial charge >= 0.3 is 5.97 Å². The molecule has 0 amide bonds. The van der Waals surface area contributed by atoms with E-state index in [0.717, 1.165) is 0 Å². The summed E-state index contributed by atoms with van der Waals surface area (Å²) in [7, 11) is 0. The average molecular weight is 333 g/mol. The van der Waals surface area contributed by atoms with Crippen LogP contribution in [0.5, 0.6) is 0 Å². The number of nitrogens with zero attached hydrogens (tertiary/aromatic N) is 1. The van der Waals surface area contributed by atoms with Gasteiger partial charge in [0.05, 0.1) is 17.7 Å². The molecule has 0 atom stereocenters. The topological polar surface area (TPSA) is 50.1 Å². The maximum absolute atomic E-state index is 11.4. The number of hydrogen-bond donors (Lipinski definition) is 0. The molecule has 0 fully saturated rings. The first-order chi connectivity index (χ1) is 7.10. The Morgan fingerprint density at radius 3 is 2.73 bits per heavy atom. The van der Waals surface area contributed by atoms with E-state index >= 15 is 0 Å². The van der Waals surface area contributed by atoms with Crippen LogP contribution >= 0.6 is 31.9 Å². The highest BCUT2D eigenvalue weighted by Crippen LogP contribution is 2.28. The first-order valence-corrected chi connectivity index (χ1v) is 5.75. The molecule has 1 rings (SSSR count). The Morgan fingerprint density at radius 1 is 1.53 bits per heavy atom. The number of carbonyl (C=O) groups excluding carboxylic acids is 1. The fraction of sp³-hybridized carbons (Fsp3) is 0.200. The van der Waals surface area contributed by atoms with Gasteiger partial charge in [-0.2, -0.15) is 5.26 Å². The third kappa shape index (κ3) is 2.80. The van der Waals surface area contributed by atoms with Crippen molar-refractivity contribution >= 4 is 37.8 Å². The van der Waals surface area contributed by atoms with Crippen LogP contribution in [0.3, 0.4) is 0 Å². The smallest absolute Gasteiger partial charge is 0.338 e. The lowest BCUT2D eigenvalue weighted by Crippen LogP contribution is -2.05. The lowest BCUT2D eigenvalue weighted by atomic mass is 10.1. The fourth-order valence-electron chi connectivity index (χ4n) is 1.00. The van der Waals surface area contributed by atoms with Crippen molar-refractivity contribution in [2.45, 2.75) is 6.92 Å². The number of esters is 1. The van der Waals surface area contributed by atoms with Crippen molar-refractivity contribution in [2.75, 3.05) is 6.61 Å². The zero-order chi connectivity index (χ0) is 11.4. The van der Waals surface area contributed by atoms with Gasteiger partial charge in [-0.3, -0.25) is 0 Å². The van der Waals surface area contributed by atoms with E-state index < -0.39 is 5.97 Å². The first-order valence-electron chi connectivity index (χ1n) is 4.16. The second-order valence-electron chi connectivity index (χ2n) is 2.65. The molecule has 0 aromatic heterocycles. The molecule has 0 heterocycles. The molecule has 0 radical (unpaired) electrons. The predicted octanol–water partition coefficient (Wildman–Crippen LogP) is 3.26. The lowest BCUT2D eigenvalue weighted by molar-refractivity contribution is 0.0526. The molecule has 0 bridgehead atoms. The van der Waals surface area contributed by atoms with Gasteiger partial charge in [0.2, 0.25) is 0 Å². The van der Waals surface area contributed by atoms with Crippen LogP contribution < -0.4 is 0 Å². The highest BCUT2D eigenvalue weighted by Gasteiger charge is 2.12. The monoisotopic (exact) mass is 331 g/mol. The van der Waals surface area contributed by atoms with E-state index in [1.54, 1.807) is 13.0 Å². The largest absolute Gasteiger partial charge is 0.462 e. The Bertz CT molecular complexity index is 438. The van der Waals surface area contributed by atoms with Gasteiger partial charge < -0.3 is 4.74 Å². The third-order valence-electron chi connectivity index (χ3n) is 1.66. The van der Waals surface area contributed by atoms with Gasteiger partial charge in [0.1, 0.15) is 6.07 Å². The van der Waals surface area contributed by atoms with Gasteiger partial charge in [-0.15, -0.1) is 0 Å². The van der Waals surface area contributed by atoms with Crippen LogP contribution in [0.4, 0.5) is 0 Å². The number of hydrogen-bond acceptors (Lipinski definition) is 3. The Balaban J connectivity index is 3.18. The highest BCUT2D eigenvalue weighted by atomic mass is 79.9. The summed E-state index contributed by atoms with van der Waals surface area (Å²) < 4.78 is 6.13. The summed E-state index contributed by atoms with van der Waals surface area (Å²) in [6.45, 7) is 2.05. The van der Waals surface area contributed by atoms with Crippen molar-refractivity contribution < 1.29 is 9.53 Å². The minimum absolute atomic E-state index is 0.314. The van der Waals surface area contributed by atoms with Gasteiger partial charge in [0.25, 0.3) is 0 Å². The molecule has 0 spiro atoms. The summed E-state index contributed by atoms with van der Waals surface area (Å²) in [5.41, 5.74) is 0.760. The number of benzene rings is 1. The fourth-order valence-corrected chi connectivity index (χ4v) is 1.78. The van der Waals surface area contributed by atoms with Gasteiger partial charge in [0, 0.05) is 8.95 Å². The summed E-state index contributed by atoms with van der Waals surface area (Å²) in [5, 5.41) is 8.83. The molecule has 3 nitrogen and oxygen atoms in total. The lowest BCUT2D eigenvalue weighted by Gasteiger charge is -2.04. The highest BCUT2D eigenvalue weighted by molar-refractivity contribution is 9.13. The molecule has 0 N–H and O–H groups in total. The summed E-state index contributed by atoms with van der Waals surface area (Å²) >= 11 is 6.49. The van der Waals surface area contributed by atoms with Crippen LogP contribution in [0.1, 0.15) is 22.8 Å². The number of rotatable bonds is 2. The Labute approximate surface area is 104 Å². The van der Waals surface area contributed by atoms with Gasteiger partial charge in [-0.05, 0) is 50.9 Å². The maximum Gasteiger partial charge on any atom is 0.338 e. The normalized spacial score (nSPS) is 9.47. The molecule has 0 saturated heterocycles. The summed E-state index contributed by atoms with van der Waals surface area (Å²) in [5.74, 6) is -0.429. The van der Waals surface area contributed by atoms with Gasteiger partial charge in [-0.25, -0.2) is 4.79 Å². The van der Waals surface area contributed by atoms with E-state index in [0.29, 0.717) is 26.7 Å². The van der Waals surface area contributed by atoms with Gasteiger partial charge in [0.15, 0.2) is 0 Å². The third-order valence-corrected chi connectivity index (χ3v) is 3.67. The molecule has 0 unspecified atom stereocenters. The van der Waals surface area contributed by atoms with Crippen molar-refractivity contribution in [1.82, 2.24) is 0 Å². The Kier molecular flexibility index (Phi) is 4.30. The van der Waals surface area contributed by atoms with Crippen molar-refractivity contribution in [3.63, 3.8) is 0 Å². The van der Waals surface area contributed by atoms with E-state index in [1.165, 1.54) is 6.07 Å². The molecule has 1 aromatic carbocycles. The molecule has 0 aliphatic carbocycles. The zero-order valence-corrected chi connectivity index (χ0v) is 11.1. The van der Waals surface area contributed by atoms with Crippen LogP contribution in [0.25, 0.3) is 0 Å². The standard InChI is InChI=1S/C10H7Br2NO2/c1-2-15-10(14)6-3-7(5-13)9(12)8(11)4-6/h3-4H,2H2,1H3. The zero-order valence-electron chi connectivity index (χ0n) is 7.88. The molecular formula is C10H7Br2NO2. The van der Waals surface area contributed by atoms with Crippen molar-refractivity contribution in [2.24, 2.45) is 0 Å².